The highest BCUT2D eigenvalue weighted by atomic mass is 32.2. The number of likely N-dealkylation sites (tertiary alicyclic amines) is 1. The van der Waals surface area contributed by atoms with Crippen molar-refractivity contribution in [1.29, 1.82) is 0 Å². The summed E-state index contributed by atoms with van der Waals surface area (Å²) in [7, 11) is 0. The first-order valence-electron chi connectivity index (χ1n) is 18.9. The molecule has 8 rings (SSSR count). The van der Waals surface area contributed by atoms with Gasteiger partial charge in [0, 0.05) is 60.1 Å². The zero-order valence-corrected chi connectivity index (χ0v) is 30.8. The number of imide groups is 2. The number of benzene rings is 3. The Bertz CT molecular complexity index is 2080. The van der Waals surface area contributed by atoms with E-state index in [1.165, 1.54) is 16.7 Å². The second kappa shape index (κ2) is 15.7. The van der Waals surface area contributed by atoms with E-state index < -0.39 is 23.8 Å². The summed E-state index contributed by atoms with van der Waals surface area (Å²) in [6.07, 6.45) is 7.89. The predicted octanol–water partition coefficient (Wildman–Crippen LogP) is 5.87. The third-order valence-electron chi connectivity index (χ3n) is 11.1. The van der Waals surface area contributed by atoms with Crippen LogP contribution < -0.4 is 16.0 Å². The molecule has 4 aliphatic rings. The Hall–Kier alpha value is -5.04. The number of thioether (sulfide) groups is 1. The maximum atomic E-state index is 13.4. The molecule has 0 spiro atoms. The van der Waals surface area contributed by atoms with Gasteiger partial charge in [-0.25, -0.2) is 0 Å². The molecule has 0 bridgehead atoms. The van der Waals surface area contributed by atoms with Crippen molar-refractivity contribution in [2.24, 2.45) is 5.92 Å². The molecule has 2 saturated heterocycles. The Morgan fingerprint density at radius 3 is 2.56 bits per heavy atom. The molecular formula is C42H44N6O5S. The number of carbonyl (C=O) groups excluding carboxylic acids is 4. The van der Waals surface area contributed by atoms with Crippen molar-refractivity contribution in [2.75, 3.05) is 36.1 Å². The summed E-state index contributed by atoms with van der Waals surface area (Å²) in [5, 5.41) is 19.7. The summed E-state index contributed by atoms with van der Waals surface area (Å²) in [4.78, 5) is 59.1. The Balaban J connectivity index is 0.852. The quantitative estimate of drug-likeness (QED) is 0.0746. The van der Waals surface area contributed by atoms with Gasteiger partial charge >= 0.3 is 0 Å². The summed E-state index contributed by atoms with van der Waals surface area (Å²) >= 11 is 1.56. The smallest absolute Gasteiger partial charge is 0.263 e. The minimum atomic E-state index is -0.967. The largest absolute Gasteiger partial charge is 0.394 e. The van der Waals surface area contributed by atoms with E-state index in [1.54, 1.807) is 23.9 Å². The van der Waals surface area contributed by atoms with E-state index in [9.17, 15) is 24.3 Å². The van der Waals surface area contributed by atoms with Gasteiger partial charge in [0.25, 0.3) is 11.8 Å². The molecule has 11 nitrogen and oxygen atoms in total. The molecule has 12 heteroatoms. The van der Waals surface area contributed by atoms with Gasteiger partial charge in [-0.3, -0.25) is 39.3 Å². The van der Waals surface area contributed by atoms with Gasteiger partial charge in [0.1, 0.15) is 6.04 Å². The standard InChI is InChI=1S/C42H44N6O5S/c49-25-34-30-16-20-47(24-26-14-18-43-19-15-26)39(30)32-23-28(10-11-33(32)45-34)27-6-4-7-29(22-27)44-17-2-1-3-21-54-36-9-5-8-31-38(36)42(53)48(41(31)52)35-12-13-37(50)46-40(35)51/h4-11,14-15,18-19,22-23,30,34-35,39,44-45,49H,1-3,12-13,16-17,20-21,24-25H2,(H,46,50,51)/t30-,34-,35?,39-/m1/s1. The molecule has 0 saturated carbocycles. The molecule has 4 aromatic rings. The number of rotatable bonds is 13. The lowest BCUT2D eigenvalue weighted by molar-refractivity contribution is -0.136. The average molecular weight is 745 g/mol. The van der Waals surface area contributed by atoms with Crippen molar-refractivity contribution in [3.8, 4) is 11.1 Å². The van der Waals surface area contributed by atoms with E-state index in [0.717, 1.165) is 77.8 Å². The van der Waals surface area contributed by atoms with Crippen molar-refractivity contribution in [3.63, 3.8) is 0 Å². The molecule has 4 aliphatic heterocycles. The Labute approximate surface area is 318 Å². The molecule has 4 atom stereocenters. The SMILES string of the molecule is O=C1CCC(N2C(=O)c3cccc(SCCCCCNc4cccc(-c5ccc6c(c5)[C@H]5[C@H](CCN5Cc5ccncc5)[C@@H](CO)N6)c4)c3C2=O)C(=O)N1. The Morgan fingerprint density at radius 1 is 0.889 bits per heavy atom. The van der Waals surface area contributed by atoms with Gasteiger partial charge < -0.3 is 15.7 Å². The van der Waals surface area contributed by atoms with E-state index in [-0.39, 0.29) is 37.4 Å². The maximum Gasteiger partial charge on any atom is 0.263 e. The van der Waals surface area contributed by atoms with Crippen molar-refractivity contribution >= 4 is 46.8 Å². The van der Waals surface area contributed by atoms with Crippen LogP contribution in [0.25, 0.3) is 11.1 Å². The van der Waals surface area contributed by atoms with E-state index in [2.05, 4.69) is 80.4 Å². The van der Waals surface area contributed by atoms with Crippen LogP contribution in [0, 0.1) is 5.92 Å². The van der Waals surface area contributed by atoms with Crippen molar-refractivity contribution in [2.45, 2.75) is 68.1 Å². The van der Waals surface area contributed by atoms with Gasteiger partial charge in [-0.1, -0.05) is 30.7 Å². The summed E-state index contributed by atoms with van der Waals surface area (Å²) in [5.41, 5.74) is 7.68. The van der Waals surface area contributed by atoms with E-state index in [0.29, 0.717) is 17.0 Å². The molecule has 54 heavy (non-hydrogen) atoms. The fraction of sp³-hybridized carbons (Fsp3) is 0.357. The molecule has 1 unspecified atom stereocenters. The molecule has 0 radical (unpaired) electrons. The third-order valence-corrected chi connectivity index (χ3v) is 12.3. The highest BCUT2D eigenvalue weighted by molar-refractivity contribution is 7.99. The van der Waals surface area contributed by atoms with Crippen LogP contribution in [0.5, 0.6) is 0 Å². The summed E-state index contributed by atoms with van der Waals surface area (Å²) in [6, 6.07) is 23.9. The minimum Gasteiger partial charge on any atom is -0.394 e. The topological polar surface area (TPSA) is 144 Å². The van der Waals surface area contributed by atoms with E-state index in [4.69, 9.17) is 0 Å². The number of unbranched alkanes of at least 4 members (excludes halogenated alkanes) is 2. The van der Waals surface area contributed by atoms with Gasteiger partial charge in [-0.05, 0) is 109 Å². The van der Waals surface area contributed by atoms with E-state index in [1.807, 2.05) is 18.5 Å². The molecule has 2 fully saturated rings. The molecular weight excluding hydrogens is 701 g/mol. The zero-order valence-electron chi connectivity index (χ0n) is 30.0. The van der Waals surface area contributed by atoms with Crippen LogP contribution in [-0.2, 0) is 16.1 Å². The minimum absolute atomic E-state index is 0.0358. The number of aliphatic hydroxyl groups is 1. The van der Waals surface area contributed by atoms with Crippen LogP contribution in [0.4, 0.5) is 11.4 Å². The lowest BCUT2D eigenvalue weighted by Crippen LogP contribution is -2.54. The van der Waals surface area contributed by atoms with Crippen LogP contribution in [0.1, 0.15) is 76.4 Å². The van der Waals surface area contributed by atoms with Crippen LogP contribution in [-0.4, -0.2) is 81.1 Å². The van der Waals surface area contributed by atoms with Crippen LogP contribution >= 0.6 is 11.8 Å². The van der Waals surface area contributed by atoms with Gasteiger partial charge in [-0.15, -0.1) is 11.8 Å². The number of fused-ring (bicyclic) bond motifs is 4. The second-order valence-electron chi connectivity index (χ2n) is 14.5. The molecule has 4 N–H and O–H groups in total. The van der Waals surface area contributed by atoms with Crippen molar-refractivity contribution in [3.05, 3.63) is 107 Å². The molecule has 5 heterocycles. The van der Waals surface area contributed by atoms with E-state index >= 15 is 0 Å². The van der Waals surface area contributed by atoms with Crippen LogP contribution in [0.15, 0.2) is 90.1 Å². The summed E-state index contributed by atoms with van der Waals surface area (Å²) < 4.78 is 0. The molecule has 4 amide bonds. The Kier molecular flexibility index (Phi) is 10.5. The lowest BCUT2D eigenvalue weighted by atomic mass is 9.82. The second-order valence-corrected chi connectivity index (χ2v) is 15.6. The lowest BCUT2D eigenvalue weighted by Gasteiger charge is -2.39. The number of carbonyl (C=O) groups is 4. The van der Waals surface area contributed by atoms with Crippen LogP contribution in [0.2, 0.25) is 0 Å². The number of pyridine rings is 1. The first kappa shape index (κ1) is 36.0. The number of aromatic nitrogens is 1. The normalized spacial score (nSPS) is 22.1. The fourth-order valence-corrected chi connectivity index (χ4v) is 9.55. The first-order valence-corrected chi connectivity index (χ1v) is 19.8. The van der Waals surface area contributed by atoms with Gasteiger partial charge in [0.15, 0.2) is 0 Å². The highest BCUT2D eigenvalue weighted by Crippen LogP contribution is 2.48. The molecule has 3 aromatic carbocycles. The van der Waals surface area contributed by atoms with Crippen LogP contribution in [0.3, 0.4) is 0 Å². The third kappa shape index (κ3) is 7.13. The number of nitrogens with one attached hydrogen (secondary N) is 3. The number of anilines is 2. The van der Waals surface area contributed by atoms with Crippen molar-refractivity contribution in [1.82, 2.24) is 20.1 Å². The number of amides is 4. The summed E-state index contributed by atoms with van der Waals surface area (Å²) in [6.45, 7) is 2.78. The number of piperidine rings is 1. The molecule has 1 aromatic heterocycles. The number of nitrogens with zero attached hydrogens (tertiary/aromatic N) is 3. The number of hydrogen-bond donors (Lipinski definition) is 4. The monoisotopic (exact) mass is 744 g/mol. The first-order chi connectivity index (χ1) is 26.4. The summed E-state index contributed by atoms with van der Waals surface area (Å²) in [5.74, 6) is -0.807. The maximum absolute atomic E-state index is 13.4. The average Bonchev–Trinajstić information content (AvgIpc) is 3.72. The fourth-order valence-electron chi connectivity index (χ4n) is 8.47. The number of aliphatic hydroxyl groups excluding tert-OH is 1. The van der Waals surface area contributed by atoms with Gasteiger partial charge in [-0.2, -0.15) is 0 Å². The zero-order chi connectivity index (χ0) is 37.2. The van der Waals surface area contributed by atoms with Gasteiger partial charge in [0.2, 0.25) is 11.8 Å². The molecule has 0 aliphatic carbocycles. The number of hydrogen-bond acceptors (Lipinski definition) is 10. The highest BCUT2D eigenvalue weighted by Gasteiger charge is 2.46. The molecule has 278 valence electrons. The van der Waals surface area contributed by atoms with Crippen molar-refractivity contribution < 1.29 is 24.3 Å². The predicted molar refractivity (Wildman–Crippen MR) is 208 cm³/mol. The van der Waals surface area contributed by atoms with Gasteiger partial charge in [0.05, 0.1) is 23.8 Å². The Morgan fingerprint density at radius 2 is 1.72 bits per heavy atom.